The van der Waals surface area contributed by atoms with E-state index in [-0.39, 0.29) is 11.8 Å². The molecule has 0 unspecified atom stereocenters. The van der Waals surface area contributed by atoms with Gasteiger partial charge in [0.2, 0.25) is 11.0 Å². The second-order valence-corrected chi connectivity index (χ2v) is 10.4. The van der Waals surface area contributed by atoms with Crippen LogP contribution in [0.2, 0.25) is 0 Å². The molecule has 5 nitrogen and oxygen atoms in total. The lowest BCUT2D eigenvalue weighted by Crippen LogP contribution is -2.25. The topological polar surface area (TPSA) is 59.8 Å². The zero-order chi connectivity index (χ0) is 21.3. The molecule has 0 saturated heterocycles. The van der Waals surface area contributed by atoms with Gasteiger partial charge in [0, 0.05) is 27.5 Å². The molecular weight excluding hydrogens is 424 g/mol. The molecular formula is C24H20N4OS2. The number of thiophene rings is 1. The van der Waals surface area contributed by atoms with E-state index >= 15 is 0 Å². The van der Waals surface area contributed by atoms with E-state index in [1.807, 2.05) is 17.7 Å². The molecule has 0 aliphatic carbocycles. The van der Waals surface area contributed by atoms with E-state index in [9.17, 15) is 4.79 Å². The summed E-state index contributed by atoms with van der Waals surface area (Å²) in [7, 11) is 0. The molecule has 6 rings (SSSR count). The quantitative estimate of drug-likeness (QED) is 0.358. The smallest absolute Gasteiger partial charge is 0.226 e. The molecule has 1 aliphatic heterocycles. The first-order valence-electron chi connectivity index (χ1n) is 10.2. The van der Waals surface area contributed by atoms with Gasteiger partial charge in [-0.3, -0.25) is 4.79 Å². The van der Waals surface area contributed by atoms with E-state index in [1.165, 1.54) is 26.1 Å². The monoisotopic (exact) mass is 444 g/mol. The van der Waals surface area contributed by atoms with Crippen LogP contribution in [0.5, 0.6) is 0 Å². The van der Waals surface area contributed by atoms with Crippen molar-refractivity contribution >= 4 is 54.7 Å². The molecule has 3 aromatic heterocycles. The number of hydrogen-bond donors (Lipinski definition) is 1. The van der Waals surface area contributed by atoms with E-state index in [2.05, 4.69) is 55.6 Å². The maximum Gasteiger partial charge on any atom is 0.226 e. The van der Waals surface area contributed by atoms with Gasteiger partial charge in [-0.15, -0.1) is 11.3 Å². The van der Waals surface area contributed by atoms with Crippen molar-refractivity contribution in [2.45, 2.75) is 33.1 Å². The highest BCUT2D eigenvalue weighted by molar-refractivity contribution is 7.20. The zero-order valence-corrected chi connectivity index (χ0v) is 19.0. The molecule has 0 saturated carbocycles. The average molecular weight is 445 g/mol. The van der Waals surface area contributed by atoms with Crippen LogP contribution in [0, 0.1) is 20.8 Å². The second-order valence-electron chi connectivity index (χ2n) is 8.10. The highest BCUT2D eigenvalue weighted by Crippen LogP contribution is 2.46. The van der Waals surface area contributed by atoms with Crippen LogP contribution in [0.3, 0.4) is 0 Å². The molecule has 1 atom stereocenters. The number of rotatable bonds is 2. The Labute approximate surface area is 187 Å². The van der Waals surface area contributed by atoms with Gasteiger partial charge in [0.1, 0.15) is 5.82 Å². The van der Waals surface area contributed by atoms with Crippen molar-refractivity contribution in [3.8, 4) is 5.13 Å². The molecule has 0 spiro atoms. The Balaban J connectivity index is 1.56. The van der Waals surface area contributed by atoms with Crippen LogP contribution < -0.4 is 5.32 Å². The van der Waals surface area contributed by atoms with Crippen LogP contribution in [0.1, 0.15) is 39.6 Å². The summed E-state index contributed by atoms with van der Waals surface area (Å²) < 4.78 is 4.20. The molecule has 2 aromatic carbocycles. The number of anilines is 1. The highest BCUT2D eigenvalue weighted by Gasteiger charge is 2.35. The van der Waals surface area contributed by atoms with Crippen molar-refractivity contribution in [1.82, 2.24) is 14.8 Å². The summed E-state index contributed by atoms with van der Waals surface area (Å²) in [5, 5.41) is 9.94. The summed E-state index contributed by atoms with van der Waals surface area (Å²) in [6.07, 6.45) is 0.431. The first kappa shape index (κ1) is 18.7. The number of thiazole rings is 1. The maximum atomic E-state index is 12.8. The van der Waals surface area contributed by atoms with Crippen LogP contribution in [-0.4, -0.2) is 20.7 Å². The first-order valence-corrected chi connectivity index (χ1v) is 11.9. The van der Waals surface area contributed by atoms with Gasteiger partial charge in [-0.25, -0.2) is 4.98 Å². The third kappa shape index (κ3) is 2.84. The van der Waals surface area contributed by atoms with E-state index < -0.39 is 0 Å². The molecule has 1 amide bonds. The zero-order valence-electron chi connectivity index (χ0n) is 17.4. The lowest BCUT2D eigenvalue weighted by Gasteiger charge is -2.24. The summed E-state index contributed by atoms with van der Waals surface area (Å²) >= 11 is 3.39. The Morgan fingerprint density at radius 1 is 1.03 bits per heavy atom. The van der Waals surface area contributed by atoms with Gasteiger partial charge in [0.15, 0.2) is 0 Å². The largest absolute Gasteiger partial charge is 0.310 e. The number of fused-ring (bicyclic) bond motifs is 3. The molecule has 1 aliphatic rings. The van der Waals surface area contributed by atoms with Crippen LogP contribution >= 0.6 is 22.7 Å². The SMILES string of the molecule is Cc1ccc2nc(-n3nc(C)c4c3NC(=O)C[C@@H]4c3c(C)sc4ccccc34)sc2c1. The van der Waals surface area contributed by atoms with Crippen molar-refractivity contribution in [2.24, 2.45) is 0 Å². The standard InChI is InChI=1S/C24H20N4OS2/c1-12-8-9-17-19(10-12)31-24(25-17)28-23-21(13(2)27-28)16(11-20(29)26-23)22-14(3)30-18-7-5-4-6-15(18)22/h4-10,16H,11H2,1-3H3,(H,26,29)/t16-/m0/s1. The van der Waals surface area contributed by atoms with Gasteiger partial charge in [-0.2, -0.15) is 9.78 Å². The molecule has 5 aromatic rings. The van der Waals surface area contributed by atoms with Crippen molar-refractivity contribution in [2.75, 3.05) is 5.32 Å². The first-order chi connectivity index (χ1) is 15.0. The van der Waals surface area contributed by atoms with E-state index in [1.54, 1.807) is 22.7 Å². The Morgan fingerprint density at radius 3 is 2.74 bits per heavy atom. The van der Waals surface area contributed by atoms with Crippen molar-refractivity contribution < 1.29 is 4.79 Å². The summed E-state index contributed by atoms with van der Waals surface area (Å²) in [4.78, 5) is 18.9. The van der Waals surface area contributed by atoms with Gasteiger partial charge >= 0.3 is 0 Å². The molecule has 4 heterocycles. The number of nitrogens with one attached hydrogen (secondary N) is 1. The average Bonchev–Trinajstić information content (AvgIpc) is 3.39. The minimum Gasteiger partial charge on any atom is -0.310 e. The molecule has 0 radical (unpaired) electrons. The van der Waals surface area contributed by atoms with Gasteiger partial charge in [-0.05, 0) is 55.5 Å². The molecule has 1 N–H and O–H groups in total. The molecule has 0 fully saturated rings. The minimum atomic E-state index is -0.00901. The summed E-state index contributed by atoms with van der Waals surface area (Å²) in [5.74, 6) is 0.764. The summed E-state index contributed by atoms with van der Waals surface area (Å²) in [5.41, 5.74) is 5.44. The Morgan fingerprint density at radius 2 is 1.87 bits per heavy atom. The van der Waals surface area contributed by atoms with E-state index in [0.717, 1.165) is 32.4 Å². The lowest BCUT2D eigenvalue weighted by molar-refractivity contribution is -0.116. The van der Waals surface area contributed by atoms with Crippen LogP contribution in [0.4, 0.5) is 5.82 Å². The van der Waals surface area contributed by atoms with Crippen LogP contribution in [-0.2, 0) is 4.79 Å². The second kappa shape index (κ2) is 6.73. The van der Waals surface area contributed by atoms with Gasteiger partial charge in [0.25, 0.3) is 0 Å². The van der Waals surface area contributed by atoms with E-state index in [0.29, 0.717) is 6.42 Å². The maximum absolute atomic E-state index is 12.8. The van der Waals surface area contributed by atoms with Crippen molar-refractivity contribution in [3.63, 3.8) is 0 Å². The van der Waals surface area contributed by atoms with Crippen LogP contribution in [0.25, 0.3) is 25.4 Å². The number of carbonyl (C=O) groups excluding carboxylic acids is 1. The number of hydrogen-bond acceptors (Lipinski definition) is 5. The third-order valence-corrected chi connectivity index (χ3v) is 8.08. The number of amides is 1. The van der Waals surface area contributed by atoms with Crippen molar-refractivity contribution in [3.05, 3.63) is 69.7 Å². The fourth-order valence-electron chi connectivity index (χ4n) is 4.66. The predicted molar refractivity (Wildman–Crippen MR) is 128 cm³/mol. The lowest BCUT2D eigenvalue weighted by atomic mass is 9.84. The summed E-state index contributed by atoms with van der Waals surface area (Å²) in [6.45, 7) is 6.26. The number of aryl methyl sites for hydroxylation is 3. The van der Waals surface area contributed by atoms with E-state index in [4.69, 9.17) is 10.1 Å². The minimum absolute atomic E-state index is 0.00901. The van der Waals surface area contributed by atoms with Crippen molar-refractivity contribution in [1.29, 1.82) is 0 Å². The van der Waals surface area contributed by atoms with Crippen LogP contribution in [0.15, 0.2) is 42.5 Å². The number of carbonyl (C=O) groups is 1. The van der Waals surface area contributed by atoms with Gasteiger partial charge in [-0.1, -0.05) is 35.6 Å². The molecule has 7 heteroatoms. The fourth-order valence-corrected chi connectivity index (χ4v) is 6.81. The third-order valence-electron chi connectivity index (χ3n) is 5.98. The molecule has 154 valence electrons. The van der Waals surface area contributed by atoms with Gasteiger partial charge < -0.3 is 5.32 Å². The number of aromatic nitrogens is 3. The Bertz CT molecular complexity index is 1510. The molecule has 0 bridgehead atoms. The van der Waals surface area contributed by atoms with Gasteiger partial charge in [0.05, 0.1) is 15.9 Å². The number of benzene rings is 2. The molecule has 31 heavy (non-hydrogen) atoms. The summed E-state index contributed by atoms with van der Waals surface area (Å²) in [6, 6.07) is 14.7. The number of nitrogens with zero attached hydrogens (tertiary/aromatic N) is 3. The predicted octanol–water partition coefficient (Wildman–Crippen LogP) is 6.10. The Hall–Kier alpha value is -3.03. The Kier molecular flexibility index (Phi) is 4.07. The fraction of sp³-hybridized carbons (Fsp3) is 0.208. The normalized spacial score (nSPS) is 16.1. The highest BCUT2D eigenvalue weighted by atomic mass is 32.1.